The minimum absolute atomic E-state index is 0.102. The van der Waals surface area contributed by atoms with Gasteiger partial charge in [0.2, 0.25) is 0 Å². The van der Waals surface area contributed by atoms with E-state index in [-0.39, 0.29) is 4.90 Å². The highest BCUT2D eigenvalue weighted by Gasteiger charge is 2.21. The molecule has 0 aliphatic heterocycles. The average Bonchev–Trinajstić information content (AvgIpc) is 2.68. The van der Waals surface area contributed by atoms with Crippen LogP contribution in [0.15, 0.2) is 53.4 Å². The maximum Gasteiger partial charge on any atom is 0.125 e. The fourth-order valence-corrected chi connectivity index (χ4v) is 4.21. The van der Waals surface area contributed by atoms with Crippen molar-refractivity contribution in [3.8, 4) is 0 Å². The molecule has 0 saturated carbocycles. The summed E-state index contributed by atoms with van der Waals surface area (Å²) in [6, 6.07) is 14.7. The monoisotopic (exact) mass is 295 g/mol. The normalized spacial score (nSPS) is 12.7. The first-order valence-electron chi connectivity index (χ1n) is 6.61. The lowest BCUT2D eigenvalue weighted by Crippen LogP contribution is -1.97. The molecule has 4 aromatic carbocycles. The van der Waals surface area contributed by atoms with Crippen molar-refractivity contribution in [1.29, 1.82) is 0 Å². The van der Waals surface area contributed by atoms with Gasteiger partial charge in [-0.3, -0.25) is 0 Å². The molecule has 4 aromatic rings. The quantitative estimate of drug-likeness (QED) is 0.502. The smallest absolute Gasteiger partial charge is 0.125 e. The van der Waals surface area contributed by atoms with E-state index in [1.807, 2.05) is 31.2 Å². The van der Waals surface area contributed by atoms with Gasteiger partial charge in [0.05, 0.1) is 4.90 Å². The zero-order chi connectivity index (χ0) is 14.8. The van der Waals surface area contributed by atoms with Gasteiger partial charge in [0, 0.05) is 10.8 Å². The van der Waals surface area contributed by atoms with Crippen molar-refractivity contribution in [1.82, 2.24) is 0 Å². The summed E-state index contributed by atoms with van der Waals surface area (Å²) in [5.74, 6) is 0. The topological polar surface area (TPSA) is 57.2 Å². The van der Waals surface area contributed by atoms with E-state index in [0.29, 0.717) is 10.8 Å². The highest BCUT2D eigenvalue weighted by atomic mass is 32.2. The lowest BCUT2D eigenvalue weighted by atomic mass is 10.2. The Labute approximate surface area is 121 Å². The van der Waals surface area contributed by atoms with Crippen LogP contribution in [-0.2, 0) is 10.1 Å². The van der Waals surface area contributed by atoms with Gasteiger partial charge in [0.25, 0.3) is 0 Å². The molecule has 0 bridgehead atoms. The Morgan fingerprint density at radius 1 is 0.762 bits per heavy atom. The molecule has 0 amide bonds. The third-order valence-corrected chi connectivity index (χ3v) is 5.09. The molecule has 0 radical (unpaired) electrons. The Kier molecular flexibility index (Phi) is 2.35. The van der Waals surface area contributed by atoms with E-state index in [2.05, 4.69) is 0 Å². The Balaban J connectivity index is 2.53. The van der Waals surface area contributed by atoms with E-state index >= 15 is 0 Å². The van der Waals surface area contributed by atoms with Gasteiger partial charge in [-0.2, -0.15) is 0 Å². The van der Waals surface area contributed by atoms with Crippen molar-refractivity contribution in [2.24, 2.45) is 0 Å². The SMILES string of the molecule is Cc1c2ccccc3c(S(=O)(=O)[O-])c4ccccc1c4c23. The number of hydrogen-bond acceptors (Lipinski definition) is 3. The third-order valence-electron chi connectivity index (χ3n) is 4.15. The zero-order valence-corrected chi connectivity index (χ0v) is 12.1. The fourth-order valence-electron chi connectivity index (χ4n) is 3.33. The standard InChI is InChI=1S/C17H12O3S/c1-10-11-6-2-4-8-13-15(11)16-12(10)7-3-5-9-14(16)17(13)21(18,19)20/h2-9H,1H3,(H,18,19,20)/p-1. The molecule has 0 spiro atoms. The molecule has 0 atom stereocenters. The van der Waals surface area contributed by atoms with Crippen LogP contribution in [-0.4, -0.2) is 13.0 Å². The van der Waals surface area contributed by atoms with Crippen LogP contribution >= 0.6 is 0 Å². The fraction of sp³-hybridized carbons (Fsp3) is 0.0588. The Morgan fingerprint density at radius 3 is 1.52 bits per heavy atom. The summed E-state index contributed by atoms with van der Waals surface area (Å²) in [6.45, 7) is 2.02. The second kappa shape index (κ2) is 3.93. The first-order valence-corrected chi connectivity index (χ1v) is 8.02. The van der Waals surface area contributed by atoms with Crippen LogP contribution in [0.25, 0.3) is 32.3 Å². The van der Waals surface area contributed by atoms with Crippen molar-refractivity contribution in [3.05, 3.63) is 54.1 Å². The molecular formula is C17H11O3S-. The summed E-state index contributed by atoms with van der Waals surface area (Å²) in [4.78, 5) is -0.102. The van der Waals surface area contributed by atoms with E-state index in [1.165, 1.54) is 0 Å². The zero-order valence-electron chi connectivity index (χ0n) is 11.3. The lowest BCUT2D eigenvalue weighted by Gasteiger charge is -2.06. The summed E-state index contributed by atoms with van der Waals surface area (Å²) < 4.78 is 35.3. The molecule has 0 heterocycles. The van der Waals surface area contributed by atoms with Crippen molar-refractivity contribution >= 4 is 42.4 Å². The predicted octanol–water partition coefficient (Wildman–Crippen LogP) is 3.80. The molecule has 21 heavy (non-hydrogen) atoms. The second-order valence-corrected chi connectivity index (χ2v) is 6.57. The Morgan fingerprint density at radius 2 is 1.14 bits per heavy atom. The minimum atomic E-state index is -4.54. The minimum Gasteiger partial charge on any atom is -0.744 e. The Hall–Kier alpha value is -2.17. The van der Waals surface area contributed by atoms with E-state index < -0.39 is 10.1 Å². The number of aryl methyl sites for hydroxylation is 1. The molecule has 0 fully saturated rings. The maximum absolute atomic E-state index is 11.8. The van der Waals surface area contributed by atoms with E-state index in [1.54, 1.807) is 24.3 Å². The third kappa shape index (κ3) is 1.54. The van der Waals surface area contributed by atoms with Crippen LogP contribution < -0.4 is 0 Å². The Bertz CT molecular complexity index is 1040. The largest absolute Gasteiger partial charge is 0.744 e. The second-order valence-electron chi connectivity index (χ2n) is 5.25. The van der Waals surface area contributed by atoms with Gasteiger partial charge < -0.3 is 4.55 Å². The number of rotatable bonds is 1. The van der Waals surface area contributed by atoms with E-state index in [4.69, 9.17) is 0 Å². The van der Waals surface area contributed by atoms with Gasteiger partial charge >= 0.3 is 0 Å². The molecule has 0 aliphatic rings. The van der Waals surface area contributed by atoms with Crippen molar-refractivity contribution in [2.75, 3.05) is 0 Å². The summed E-state index contributed by atoms with van der Waals surface area (Å²) >= 11 is 0. The number of hydrogen-bond donors (Lipinski definition) is 0. The van der Waals surface area contributed by atoms with Crippen molar-refractivity contribution in [3.63, 3.8) is 0 Å². The molecule has 104 valence electrons. The van der Waals surface area contributed by atoms with Crippen LogP contribution in [0.5, 0.6) is 0 Å². The maximum atomic E-state index is 11.8. The van der Waals surface area contributed by atoms with Crippen LogP contribution in [0.3, 0.4) is 0 Å². The lowest BCUT2D eigenvalue weighted by molar-refractivity contribution is 0.465. The first-order chi connectivity index (χ1) is 10.00. The molecule has 4 rings (SSSR count). The predicted molar refractivity (Wildman–Crippen MR) is 82.8 cm³/mol. The first kappa shape index (κ1) is 12.6. The van der Waals surface area contributed by atoms with Crippen molar-refractivity contribution in [2.45, 2.75) is 11.8 Å². The summed E-state index contributed by atoms with van der Waals surface area (Å²) in [5, 5.41) is 4.77. The van der Waals surface area contributed by atoms with Crippen LogP contribution in [0.1, 0.15) is 5.56 Å². The van der Waals surface area contributed by atoms with Gasteiger partial charge in [0.15, 0.2) is 0 Å². The van der Waals surface area contributed by atoms with Crippen LogP contribution in [0, 0.1) is 6.92 Å². The molecule has 0 N–H and O–H groups in total. The molecular weight excluding hydrogens is 284 g/mol. The molecule has 0 saturated heterocycles. The molecule has 0 unspecified atom stereocenters. The van der Waals surface area contributed by atoms with Crippen LogP contribution in [0.2, 0.25) is 0 Å². The molecule has 0 aliphatic carbocycles. The summed E-state index contributed by atoms with van der Waals surface area (Å²) in [5.41, 5.74) is 1.11. The van der Waals surface area contributed by atoms with Gasteiger partial charge in [-0.1, -0.05) is 48.5 Å². The van der Waals surface area contributed by atoms with E-state index in [0.717, 1.165) is 27.1 Å². The van der Waals surface area contributed by atoms with Crippen LogP contribution in [0.4, 0.5) is 0 Å². The summed E-state index contributed by atoms with van der Waals surface area (Å²) in [7, 11) is -4.54. The summed E-state index contributed by atoms with van der Waals surface area (Å²) in [6.07, 6.45) is 0. The molecule has 0 aromatic heterocycles. The van der Waals surface area contributed by atoms with E-state index in [9.17, 15) is 13.0 Å². The molecule has 4 heteroatoms. The highest BCUT2D eigenvalue weighted by Crippen LogP contribution is 2.44. The van der Waals surface area contributed by atoms with Gasteiger partial charge in [-0.15, -0.1) is 0 Å². The van der Waals surface area contributed by atoms with Crippen molar-refractivity contribution < 1.29 is 13.0 Å². The average molecular weight is 295 g/mol. The van der Waals surface area contributed by atoms with Gasteiger partial charge in [0.1, 0.15) is 10.1 Å². The highest BCUT2D eigenvalue weighted by molar-refractivity contribution is 7.86. The van der Waals surface area contributed by atoms with Gasteiger partial charge in [-0.05, 0) is 34.0 Å². The molecule has 3 nitrogen and oxygen atoms in total. The van der Waals surface area contributed by atoms with Gasteiger partial charge in [-0.25, -0.2) is 8.42 Å².